The van der Waals surface area contributed by atoms with Crippen molar-refractivity contribution in [3.05, 3.63) is 23.9 Å². The summed E-state index contributed by atoms with van der Waals surface area (Å²) in [6, 6.07) is 3.58. The maximum absolute atomic E-state index is 12.6. The van der Waals surface area contributed by atoms with Crippen LogP contribution in [-0.2, 0) is 0 Å². The second-order valence-electron chi connectivity index (χ2n) is 5.45. The zero-order chi connectivity index (χ0) is 13.8. The van der Waals surface area contributed by atoms with E-state index in [1.165, 1.54) is 6.42 Å². The van der Waals surface area contributed by atoms with Crippen LogP contribution in [0, 0.1) is 11.8 Å². The van der Waals surface area contributed by atoms with Crippen LogP contribution in [0.4, 0.5) is 0 Å². The molecule has 0 bridgehead atoms. The number of piperidine rings is 1. The summed E-state index contributed by atoms with van der Waals surface area (Å²) in [4.78, 5) is 18.7. The van der Waals surface area contributed by atoms with Crippen LogP contribution in [0.15, 0.2) is 18.3 Å². The molecule has 1 aromatic heterocycles. The standard InChI is InChI=1S/C15H22N2O2/c1-4-19-14-13(6-5-7-16-14)15(18)17-9-11(2)8-12(3)10-17/h5-7,11-12H,4,8-10H2,1-3H3. The van der Waals surface area contributed by atoms with Crippen LogP contribution in [0.5, 0.6) is 5.88 Å². The third-order valence-corrected chi connectivity index (χ3v) is 3.44. The number of hydrogen-bond acceptors (Lipinski definition) is 3. The summed E-state index contributed by atoms with van der Waals surface area (Å²) in [6.45, 7) is 8.45. The van der Waals surface area contributed by atoms with Crippen molar-refractivity contribution in [3.63, 3.8) is 0 Å². The van der Waals surface area contributed by atoms with Crippen molar-refractivity contribution in [1.82, 2.24) is 9.88 Å². The van der Waals surface area contributed by atoms with Gasteiger partial charge in [0.2, 0.25) is 5.88 Å². The molecule has 1 amide bonds. The first-order chi connectivity index (χ1) is 9.11. The highest BCUT2D eigenvalue weighted by Crippen LogP contribution is 2.24. The molecule has 4 heteroatoms. The maximum Gasteiger partial charge on any atom is 0.259 e. The fourth-order valence-electron chi connectivity index (χ4n) is 2.80. The summed E-state index contributed by atoms with van der Waals surface area (Å²) in [5.41, 5.74) is 0.575. The number of ether oxygens (including phenoxy) is 1. The third kappa shape index (κ3) is 3.25. The Labute approximate surface area is 114 Å². The molecule has 0 N–H and O–H groups in total. The van der Waals surface area contributed by atoms with Gasteiger partial charge < -0.3 is 9.64 Å². The van der Waals surface area contributed by atoms with Gasteiger partial charge in [-0.25, -0.2) is 4.98 Å². The lowest BCUT2D eigenvalue weighted by Gasteiger charge is -2.35. The molecule has 2 rings (SSSR count). The number of likely N-dealkylation sites (tertiary alicyclic amines) is 1. The fourth-order valence-corrected chi connectivity index (χ4v) is 2.80. The van der Waals surface area contributed by atoms with Crippen molar-refractivity contribution in [2.75, 3.05) is 19.7 Å². The monoisotopic (exact) mass is 262 g/mol. The molecule has 1 fully saturated rings. The molecule has 0 aromatic carbocycles. The Morgan fingerprint density at radius 3 is 2.74 bits per heavy atom. The molecule has 1 aliphatic rings. The summed E-state index contributed by atoms with van der Waals surface area (Å²) in [5.74, 6) is 1.59. The Morgan fingerprint density at radius 1 is 1.42 bits per heavy atom. The molecule has 2 atom stereocenters. The number of aromatic nitrogens is 1. The van der Waals surface area contributed by atoms with E-state index in [0.29, 0.717) is 29.9 Å². The number of nitrogens with zero attached hydrogens (tertiary/aromatic N) is 2. The average Bonchev–Trinajstić information content (AvgIpc) is 2.38. The predicted octanol–water partition coefficient (Wildman–Crippen LogP) is 2.60. The lowest BCUT2D eigenvalue weighted by Crippen LogP contribution is -2.42. The van der Waals surface area contributed by atoms with E-state index in [1.807, 2.05) is 11.8 Å². The normalized spacial score (nSPS) is 23.2. The molecule has 0 saturated carbocycles. The van der Waals surface area contributed by atoms with Crippen LogP contribution in [0.1, 0.15) is 37.6 Å². The zero-order valence-corrected chi connectivity index (χ0v) is 11.9. The van der Waals surface area contributed by atoms with Gasteiger partial charge in [-0.2, -0.15) is 0 Å². The van der Waals surface area contributed by atoms with E-state index in [4.69, 9.17) is 4.74 Å². The number of amides is 1. The second kappa shape index (κ2) is 6.04. The second-order valence-corrected chi connectivity index (χ2v) is 5.45. The van der Waals surface area contributed by atoms with E-state index in [9.17, 15) is 4.79 Å². The Morgan fingerprint density at radius 2 is 2.11 bits per heavy atom. The number of carbonyl (C=O) groups excluding carboxylic acids is 1. The van der Waals surface area contributed by atoms with Crippen LogP contribution in [0.2, 0.25) is 0 Å². The first kappa shape index (κ1) is 13.8. The van der Waals surface area contributed by atoms with Crippen molar-refractivity contribution in [1.29, 1.82) is 0 Å². The largest absolute Gasteiger partial charge is 0.477 e. The highest BCUT2D eigenvalue weighted by atomic mass is 16.5. The third-order valence-electron chi connectivity index (χ3n) is 3.44. The Balaban J connectivity index is 2.19. The van der Waals surface area contributed by atoms with Gasteiger partial charge in [-0.1, -0.05) is 13.8 Å². The molecular formula is C15H22N2O2. The number of carbonyl (C=O) groups is 1. The topological polar surface area (TPSA) is 42.4 Å². The van der Waals surface area contributed by atoms with E-state index < -0.39 is 0 Å². The summed E-state index contributed by atoms with van der Waals surface area (Å²) in [5, 5.41) is 0. The highest BCUT2D eigenvalue weighted by molar-refractivity contribution is 5.96. The molecular weight excluding hydrogens is 240 g/mol. The molecule has 0 radical (unpaired) electrons. The van der Waals surface area contributed by atoms with Crippen molar-refractivity contribution in [2.45, 2.75) is 27.2 Å². The molecule has 2 heterocycles. The summed E-state index contributed by atoms with van der Waals surface area (Å²) in [6.07, 6.45) is 2.85. The maximum atomic E-state index is 12.6. The first-order valence-corrected chi connectivity index (χ1v) is 6.98. The number of pyridine rings is 1. The van der Waals surface area contributed by atoms with Gasteiger partial charge in [0.25, 0.3) is 5.91 Å². The molecule has 104 valence electrons. The van der Waals surface area contributed by atoms with E-state index in [-0.39, 0.29) is 5.91 Å². The van der Waals surface area contributed by atoms with Gasteiger partial charge in [0, 0.05) is 19.3 Å². The smallest absolute Gasteiger partial charge is 0.259 e. The first-order valence-electron chi connectivity index (χ1n) is 6.98. The SMILES string of the molecule is CCOc1ncccc1C(=O)N1CC(C)CC(C)C1. The highest BCUT2D eigenvalue weighted by Gasteiger charge is 2.27. The molecule has 2 unspecified atom stereocenters. The molecule has 19 heavy (non-hydrogen) atoms. The van der Waals surface area contributed by atoms with Gasteiger partial charge in [-0.3, -0.25) is 4.79 Å². The van der Waals surface area contributed by atoms with Gasteiger partial charge in [0.15, 0.2) is 0 Å². The van der Waals surface area contributed by atoms with Gasteiger partial charge in [0.05, 0.1) is 6.61 Å². The van der Waals surface area contributed by atoms with Crippen molar-refractivity contribution in [2.24, 2.45) is 11.8 Å². The van der Waals surface area contributed by atoms with E-state index in [0.717, 1.165) is 13.1 Å². The van der Waals surface area contributed by atoms with E-state index in [1.54, 1.807) is 18.3 Å². The molecule has 0 spiro atoms. The van der Waals surface area contributed by atoms with Gasteiger partial charge in [0.1, 0.15) is 5.56 Å². The van der Waals surface area contributed by atoms with Crippen LogP contribution in [-0.4, -0.2) is 35.5 Å². The minimum absolute atomic E-state index is 0.0370. The summed E-state index contributed by atoms with van der Waals surface area (Å²) in [7, 11) is 0. The molecule has 0 aliphatic carbocycles. The minimum Gasteiger partial charge on any atom is -0.477 e. The quantitative estimate of drug-likeness (QED) is 0.841. The summed E-state index contributed by atoms with van der Waals surface area (Å²) < 4.78 is 5.44. The van der Waals surface area contributed by atoms with Crippen LogP contribution >= 0.6 is 0 Å². The van der Waals surface area contributed by atoms with E-state index >= 15 is 0 Å². The van der Waals surface area contributed by atoms with Crippen LogP contribution in [0.25, 0.3) is 0 Å². The lowest BCUT2D eigenvalue weighted by atomic mass is 9.91. The Bertz CT molecular complexity index is 438. The Kier molecular flexibility index (Phi) is 4.40. The lowest BCUT2D eigenvalue weighted by molar-refractivity contribution is 0.0618. The number of hydrogen-bond donors (Lipinski definition) is 0. The van der Waals surface area contributed by atoms with Crippen LogP contribution in [0.3, 0.4) is 0 Å². The van der Waals surface area contributed by atoms with Gasteiger partial charge >= 0.3 is 0 Å². The molecule has 1 aliphatic heterocycles. The van der Waals surface area contributed by atoms with Crippen molar-refractivity contribution < 1.29 is 9.53 Å². The fraction of sp³-hybridized carbons (Fsp3) is 0.600. The molecule has 1 saturated heterocycles. The van der Waals surface area contributed by atoms with Crippen molar-refractivity contribution >= 4 is 5.91 Å². The molecule has 1 aromatic rings. The van der Waals surface area contributed by atoms with E-state index in [2.05, 4.69) is 18.8 Å². The van der Waals surface area contributed by atoms with Gasteiger partial charge in [-0.15, -0.1) is 0 Å². The molecule has 4 nitrogen and oxygen atoms in total. The van der Waals surface area contributed by atoms with Gasteiger partial charge in [-0.05, 0) is 37.3 Å². The van der Waals surface area contributed by atoms with Crippen molar-refractivity contribution in [3.8, 4) is 5.88 Å². The zero-order valence-electron chi connectivity index (χ0n) is 11.9. The minimum atomic E-state index is 0.0370. The number of rotatable bonds is 3. The predicted molar refractivity (Wildman–Crippen MR) is 74.3 cm³/mol. The Hall–Kier alpha value is -1.58. The summed E-state index contributed by atoms with van der Waals surface area (Å²) >= 11 is 0. The van der Waals surface area contributed by atoms with Crippen LogP contribution < -0.4 is 4.74 Å². The average molecular weight is 262 g/mol.